The third-order valence-corrected chi connectivity index (χ3v) is 7.06. The summed E-state index contributed by atoms with van der Waals surface area (Å²) in [7, 11) is 0. The van der Waals surface area contributed by atoms with Crippen LogP contribution in [0.3, 0.4) is 0 Å². The Kier molecular flexibility index (Phi) is 9.91. The van der Waals surface area contributed by atoms with Gasteiger partial charge in [-0.1, -0.05) is 0 Å². The van der Waals surface area contributed by atoms with Crippen LogP contribution < -0.4 is 26.2 Å². The smallest absolute Gasteiger partial charge is 0.407 e. The molecule has 1 saturated carbocycles. The third kappa shape index (κ3) is 8.41. The molecule has 2 aromatic heterocycles. The second-order valence-electron chi connectivity index (χ2n) is 13.2. The zero-order chi connectivity index (χ0) is 33.1. The van der Waals surface area contributed by atoms with Crippen molar-refractivity contribution in [3.8, 4) is 5.75 Å². The van der Waals surface area contributed by atoms with Crippen LogP contribution in [0.4, 0.5) is 16.4 Å². The molecule has 45 heavy (non-hydrogen) atoms. The number of carbonyl (C=O) groups is 3. The summed E-state index contributed by atoms with van der Waals surface area (Å²) in [5.41, 5.74) is 5.57. The maximum absolute atomic E-state index is 14.1. The van der Waals surface area contributed by atoms with E-state index in [0.717, 1.165) is 25.7 Å². The number of nitrogens with one attached hydrogen (secondary N) is 2. The standard InChI is InChI=1S/C32H45N7O6/c1-9-43-23-16-10-20(11-17-23)29(41)39(45-32(6,7)8)28-19(2)26(37-27-24(25(33)40)18-34-38(27)28)35-21-12-14-22(15-13-21)36-30(42)44-31(3,4)5/h10-11,16-18,21-22H,9,12-15H2,1-8H3,(H2,33,40)(H,35,37)(H,36,42). The van der Waals surface area contributed by atoms with E-state index in [1.54, 1.807) is 24.3 Å². The summed E-state index contributed by atoms with van der Waals surface area (Å²) in [5.74, 6) is 0.239. The maximum Gasteiger partial charge on any atom is 0.407 e. The number of nitrogens with two attached hydrogens (primary N) is 1. The molecule has 0 bridgehead atoms. The highest BCUT2D eigenvalue weighted by molar-refractivity contribution is 6.05. The first-order valence-electron chi connectivity index (χ1n) is 15.3. The number of anilines is 2. The molecule has 0 unspecified atom stereocenters. The second kappa shape index (κ2) is 13.3. The molecule has 4 rings (SSSR count). The summed E-state index contributed by atoms with van der Waals surface area (Å²) in [6, 6.07) is 6.79. The van der Waals surface area contributed by atoms with Crippen molar-refractivity contribution < 1.29 is 28.7 Å². The van der Waals surface area contributed by atoms with E-state index < -0.39 is 29.1 Å². The van der Waals surface area contributed by atoms with Crippen LogP contribution in [0, 0.1) is 6.92 Å². The molecular formula is C32H45N7O6. The summed E-state index contributed by atoms with van der Waals surface area (Å²) in [6.45, 7) is 15.2. The van der Waals surface area contributed by atoms with Gasteiger partial charge < -0.3 is 25.8 Å². The van der Waals surface area contributed by atoms with Crippen LogP contribution in [0.2, 0.25) is 0 Å². The van der Waals surface area contributed by atoms with Gasteiger partial charge in [0.2, 0.25) is 0 Å². The van der Waals surface area contributed by atoms with Gasteiger partial charge in [-0.2, -0.15) is 14.7 Å². The van der Waals surface area contributed by atoms with Crippen LogP contribution in [0.1, 0.15) is 100 Å². The molecule has 4 N–H and O–H groups in total. The Morgan fingerprint density at radius 3 is 2.18 bits per heavy atom. The summed E-state index contributed by atoms with van der Waals surface area (Å²) in [4.78, 5) is 49.8. The quantitative estimate of drug-likeness (QED) is 0.273. The number of fused-ring (bicyclic) bond motifs is 1. The van der Waals surface area contributed by atoms with Gasteiger partial charge in [-0.25, -0.2) is 9.78 Å². The largest absolute Gasteiger partial charge is 0.494 e. The highest BCUT2D eigenvalue weighted by Crippen LogP contribution is 2.33. The first-order chi connectivity index (χ1) is 21.1. The predicted octanol–water partition coefficient (Wildman–Crippen LogP) is 5.16. The van der Waals surface area contributed by atoms with E-state index in [1.807, 2.05) is 55.4 Å². The number of alkyl carbamates (subject to hydrolysis) is 1. The molecule has 1 aromatic carbocycles. The molecule has 13 nitrogen and oxygen atoms in total. The number of hydrogen-bond donors (Lipinski definition) is 3. The minimum absolute atomic E-state index is 0.0105. The van der Waals surface area contributed by atoms with Crippen molar-refractivity contribution in [2.75, 3.05) is 17.0 Å². The lowest BCUT2D eigenvalue weighted by Crippen LogP contribution is -2.42. The van der Waals surface area contributed by atoms with E-state index in [9.17, 15) is 14.4 Å². The first-order valence-corrected chi connectivity index (χ1v) is 15.3. The Hall–Kier alpha value is -4.39. The molecule has 13 heteroatoms. The molecule has 244 valence electrons. The van der Waals surface area contributed by atoms with Crippen LogP contribution in [-0.4, -0.2) is 62.4 Å². The van der Waals surface area contributed by atoms with E-state index >= 15 is 0 Å². The average Bonchev–Trinajstić information content (AvgIpc) is 3.36. The molecule has 2 heterocycles. The van der Waals surface area contributed by atoms with Crippen LogP contribution in [-0.2, 0) is 9.57 Å². The highest BCUT2D eigenvalue weighted by Gasteiger charge is 2.32. The topological polar surface area (TPSA) is 162 Å². The van der Waals surface area contributed by atoms with Crippen LogP contribution in [0.15, 0.2) is 30.5 Å². The van der Waals surface area contributed by atoms with Gasteiger partial charge in [0.15, 0.2) is 11.5 Å². The fourth-order valence-electron chi connectivity index (χ4n) is 5.09. The van der Waals surface area contributed by atoms with Crippen LogP contribution >= 0.6 is 0 Å². The number of hydrogen-bond acceptors (Lipinski definition) is 9. The predicted molar refractivity (Wildman–Crippen MR) is 171 cm³/mol. The fourth-order valence-corrected chi connectivity index (χ4v) is 5.09. The Morgan fingerprint density at radius 2 is 1.62 bits per heavy atom. The minimum Gasteiger partial charge on any atom is -0.494 e. The number of ether oxygens (including phenoxy) is 2. The van der Waals surface area contributed by atoms with Crippen molar-refractivity contribution in [2.24, 2.45) is 5.73 Å². The van der Waals surface area contributed by atoms with E-state index in [-0.39, 0.29) is 29.1 Å². The van der Waals surface area contributed by atoms with E-state index in [4.69, 9.17) is 25.0 Å². The first kappa shape index (κ1) is 33.5. The van der Waals surface area contributed by atoms with Crippen LogP contribution in [0.5, 0.6) is 5.75 Å². The van der Waals surface area contributed by atoms with Gasteiger partial charge in [-0.15, -0.1) is 0 Å². The fraction of sp³-hybridized carbons (Fsp3) is 0.531. The molecule has 0 spiro atoms. The van der Waals surface area contributed by atoms with E-state index in [0.29, 0.717) is 29.3 Å². The Labute approximate surface area is 263 Å². The number of rotatable bonds is 9. The van der Waals surface area contributed by atoms with Gasteiger partial charge in [0.25, 0.3) is 11.8 Å². The summed E-state index contributed by atoms with van der Waals surface area (Å²) in [5, 5.41) is 12.1. The Bertz CT molecular complexity index is 1530. The summed E-state index contributed by atoms with van der Waals surface area (Å²) >= 11 is 0. The molecule has 1 aliphatic carbocycles. The lowest BCUT2D eigenvalue weighted by atomic mass is 9.91. The molecule has 1 aliphatic rings. The third-order valence-electron chi connectivity index (χ3n) is 7.06. The summed E-state index contributed by atoms with van der Waals surface area (Å²) < 4.78 is 12.4. The van der Waals surface area contributed by atoms with Gasteiger partial charge in [0.1, 0.15) is 22.7 Å². The molecular weight excluding hydrogens is 578 g/mol. The van der Waals surface area contributed by atoms with Crippen molar-refractivity contribution in [1.82, 2.24) is 19.9 Å². The minimum atomic E-state index is -0.782. The number of nitrogens with zero attached hydrogens (tertiary/aromatic N) is 4. The zero-order valence-corrected chi connectivity index (χ0v) is 27.4. The number of aromatic nitrogens is 3. The van der Waals surface area contributed by atoms with Crippen molar-refractivity contribution in [2.45, 2.75) is 104 Å². The molecule has 0 saturated heterocycles. The zero-order valence-electron chi connectivity index (χ0n) is 27.4. The molecule has 1 fully saturated rings. The lowest BCUT2D eigenvalue weighted by Gasteiger charge is -2.33. The van der Waals surface area contributed by atoms with Crippen molar-refractivity contribution >= 4 is 35.2 Å². The molecule has 0 atom stereocenters. The molecule has 3 amide bonds. The van der Waals surface area contributed by atoms with Gasteiger partial charge in [-0.3, -0.25) is 14.4 Å². The molecule has 0 aliphatic heterocycles. The number of amides is 3. The van der Waals surface area contributed by atoms with E-state index in [2.05, 4.69) is 15.7 Å². The van der Waals surface area contributed by atoms with Gasteiger partial charge in [-0.05, 0) is 105 Å². The van der Waals surface area contributed by atoms with Gasteiger partial charge in [0, 0.05) is 23.2 Å². The van der Waals surface area contributed by atoms with Crippen molar-refractivity contribution in [3.05, 3.63) is 47.2 Å². The summed E-state index contributed by atoms with van der Waals surface area (Å²) in [6.07, 6.45) is 3.87. The second-order valence-corrected chi connectivity index (χ2v) is 13.2. The van der Waals surface area contributed by atoms with Gasteiger partial charge >= 0.3 is 6.09 Å². The number of hydroxylamine groups is 1. The molecule has 3 aromatic rings. The maximum atomic E-state index is 14.1. The molecule has 0 radical (unpaired) electrons. The van der Waals surface area contributed by atoms with Crippen molar-refractivity contribution in [3.63, 3.8) is 0 Å². The number of carbonyl (C=O) groups excluding carboxylic acids is 3. The average molecular weight is 624 g/mol. The van der Waals surface area contributed by atoms with E-state index in [1.165, 1.54) is 15.8 Å². The number of primary amides is 1. The van der Waals surface area contributed by atoms with Gasteiger partial charge in [0.05, 0.1) is 18.4 Å². The highest BCUT2D eigenvalue weighted by atomic mass is 16.7. The normalized spacial score (nSPS) is 17.1. The Balaban J connectivity index is 1.68. The van der Waals surface area contributed by atoms with Crippen molar-refractivity contribution in [1.29, 1.82) is 0 Å². The lowest BCUT2D eigenvalue weighted by molar-refractivity contribution is -0.0173. The Morgan fingerprint density at radius 1 is 1.00 bits per heavy atom. The SMILES string of the molecule is CCOc1ccc(C(=O)N(OC(C)(C)C)c2c(C)c(NC3CCC(NC(=O)OC(C)(C)C)CC3)nc3c(C(N)=O)cnn23)cc1. The monoisotopic (exact) mass is 623 g/mol. The number of benzene rings is 1. The van der Waals surface area contributed by atoms with Crippen LogP contribution in [0.25, 0.3) is 5.65 Å².